The maximum Gasteiger partial charge on any atom is 0.295 e. The predicted molar refractivity (Wildman–Crippen MR) is 128 cm³/mol. The van der Waals surface area contributed by atoms with Crippen molar-refractivity contribution in [2.75, 3.05) is 41.4 Å². The molecule has 1 aliphatic rings. The van der Waals surface area contributed by atoms with Gasteiger partial charge in [0.2, 0.25) is 0 Å². The van der Waals surface area contributed by atoms with Gasteiger partial charge in [-0.15, -0.1) is 0 Å². The molecule has 0 saturated carbocycles. The van der Waals surface area contributed by atoms with Crippen LogP contribution < -0.4 is 9.47 Å². The number of amides is 1. The lowest BCUT2D eigenvalue weighted by atomic mass is 9.93. The fraction of sp³-hybridized carbons (Fsp3) is 0.385. The summed E-state index contributed by atoms with van der Waals surface area (Å²) >= 11 is 0. The third-order valence-electron chi connectivity index (χ3n) is 5.90. The van der Waals surface area contributed by atoms with Gasteiger partial charge in [-0.2, -0.15) is 0 Å². The zero-order valence-electron chi connectivity index (χ0n) is 20.1. The first-order valence-corrected chi connectivity index (χ1v) is 10.9. The number of carbonyl (C=O) groups excluding carboxylic acids is 2. The average Bonchev–Trinajstić information content (AvgIpc) is 3.06. The van der Waals surface area contributed by atoms with E-state index < -0.39 is 17.7 Å². The first kappa shape index (κ1) is 24.3. The summed E-state index contributed by atoms with van der Waals surface area (Å²) in [5, 5.41) is 11.2. The maximum absolute atomic E-state index is 13.1. The van der Waals surface area contributed by atoms with E-state index in [-0.39, 0.29) is 11.3 Å². The molecule has 1 amide bonds. The van der Waals surface area contributed by atoms with Gasteiger partial charge in [-0.05, 0) is 49.3 Å². The molecule has 7 nitrogen and oxygen atoms in total. The lowest BCUT2D eigenvalue weighted by Crippen LogP contribution is -2.35. The number of ether oxygens (including phenoxy) is 2. The fourth-order valence-corrected chi connectivity index (χ4v) is 3.97. The maximum atomic E-state index is 13.1. The Kier molecular flexibility index (Phi) is 7.43. The normalized spacial score (nSPS) is 17.8. The first-order valence-electron chi connectivity index (χ1n) is 10.9. The second-order valence-corrected chi connectivity index (χ2v) is 8.69. The van der Waals surface area contributed by atoms with Gasteiger partial charge in [0, 0.05) is 18.7 Å². The summed E-state index contributed by atoms with van der Waals surface area (Å²) in [6.45, 7) is 5.16. The zero-order valence-corrected chi connectivity index (χ0v) is 20.1. The molecule has 33 heavy (non-hydrogen) atoms. The molecule has 176 valence electrons. The summed E-state index contributed by atoms with van der Waals surface area (Å²) in [5.74, 6) is -0.274. The molecule has 1 N–H and O–H groups in total. The van der Waals surface area contributed by atoms with E-state index in [0.29, 0.717) is 36.1 Å². The summed E-state index contributed by atoms with van der Waals surface area (Å²) in [6.07, 6.45) is 0. The van der Waals surface area contributed by atoms with Gasteiger partial charge in [0.25, 0.3) is 11.7 Å². The largest absolute Gasteiger partial charge is 0.507 e. The first-order chi connectivity index (χ1) is 15.7. The standard InChI is InChI=1S/C26H32N2O5/c1-16(2)17-7-9-18(10-8-17)23-22(25(30)26(31)28(23)14-13-27(3)4)24(29)19-11-12-20(32-5)21(15-19)33-6/h7-12,15-16,23,29H,13-14H2,1-6H3/t23-/m0/s1. The van der Waals surface area contributed by atoms with Crippen LogP contribution in [-0.4, -0.2) is 68.0 Å². The molecule has 0 aromatic heterocycles. The summed E-state index contributed by atoms with van der Waals surface area (Å²) < 4.78 is 10.6. The molecule has 2 aromatic rings. The number of aliphatic hydroxyl groups is 1. The molecule has 0 radical (unpaired) electrons. The summed E-state index contributed by atoms with van der Waals surface area (Å²) in [6, 6.07) is 12.1. The Morgan fingerprint density at radius 1 is 1.03 bits per heavy atom. The number of benzene rings is 2. The second kappa shape index (κ2) is 10.1. The number of hydrogen-bond acceptors (Lipinski definition) is 6. The van der Waals surface area contributed by atoms with Crippen molar-refractivity contribution in [3.05, 3.63) is 64.7 Å². The zero-order chi connectivity index (χ0) is 24.3. The van der Waals surface area contributed by atoms with E-state index in [1.54, 1.807) is 23.1 Å². The second-order valence-electron chi connectivity index (χ2n) is 8.69. The minimum absolute atomic E-state index is 0.0725. The number of hydrogen-bond donors (Lipinski definition) is 1. The van der Waals surface area contributed by atoms with Gasteiger partial charge in [0.1, 0.15) is 5.76 Å². The van der Waals surface area contributed by atoms with E-state index in [2.05, 4.69) is 13.8 Å². The minimum atomic E-state index is -0.695. The van der Waals surface area contributed by atoms with Crippen LogP contribution in [0.15, 0.2) is 48.0 Å². The van der Waals surface area contributed by atoms with E-state index in [0.717, 1.165) is 11.1 Å². The molecule has 0 unspecified atom stereocenters. The molecule has 2 aromatic carbocycles. The van der Waals surface area contributed by atoms with Crippen molar-refractivity contribution in [1.82, 2.24) is 9.80 Å². The number of rotatable bonds is 8. The number of likely N-dealkylation sites (tertiary alicyclic amines) is 1. The topological polar surface area (TPSA) is 79.3 Å². The molecule has 1 atom stereocenters. The third-order valence-corrected chi connectivity index (χ3v) is 5.90. The Labute approximate surface area is 195 Å². The van der Waals surface area contributed by atoms with Gasteiger partial charge in [-0.1, -0.05) is 38.1 Å². The summed E-state index contributed by atoms with van der Waals surface area (Å²) in [7, 11) is 6.84. The van der Waals surface area contributed by atoms with Gasteiger partial charge < -0.3 is 24.4 Å². The molecule has 1 saturated heterocycles. The monoisotopic (exact) mass is 452 g/mol. The molecule has 1 aliphatic heterocycles. The highest BCUT2D eigenvalue weighted by Gasteiger charge is 2.45. The van der Waals surface area contributed by atoms with Crippen molar-refractivity contribution in [3.8, 4) is 11.5 Å². The molecule has 3 rings (SSSR count). The molecule has 1 fully saturated rings. The van der Waals surface area contributed by atoms with Gasteiger partial charge in [-0.25, -0.2) is 0 Å². The van der Waals surface area contributed by atoms with E-state index in [9.17, 15) is 14.7 Å². The van der Waals surface area contributed by atoms with E-state index in [1.807, 2.05) is 43.3 Å². The molecule has 0 aliphatic carbocycles. The quantitative estimate of drug-likeness (QED) is 0.373. The van der Waals surface area contributed by atoms with Crippen molar-refractivity contribution < 1.29 is 24.2 Å². The van der Waals surface area contributed by atoms with Crippen LogP contribution in [-0.2, 0) is 9.59 Å². The van der Waals surface area contributed by atoms with Crippen LogP contribution in [0, 0.1) is 0 Å². The lowest BCUT2D eigenvalue weighted by Gasteiger charge is -2.27. The van der Waals surface area contributed by atoms with Crippen molar-refractivity contribution in [2.45, 2.75) is 25.8 Å². The highest BCUT2D eigenvalue weighted by Crippen LogP contribution is 2.40. The van der Waals surface area contributed by atoms with Gasteiger partial charge >= 0.3 is 0 Å². The van der Waals surface area contributed by atoms with Gasteiger partial charge in [0.15, 0.2) is 11.5 Å². The number of carbonyl (C=O) groups is 2. The van der Waals surface area contributed by atoms with E-state index in [1.165, 1.54) is 14.2 Å². The molecular weight excluding hydrogens is 420 g/mol. The number of ketones is 1. The van der Waals surface area contributed by atoms with Crippen LogP contribution >= 0.6 is 0 Å². The van der Waals surface area contributed by atoms with Crippen LogP contribution in [0.2, 0.25) is 0 Å². The van der Waals surface area contributed by atoms with Crippen LogP contribution in [0.4, 0.5) is 0 Å². The SMILES string of the molecule is COc1ccc(C(O)=C2C(=O)C(=O)N(CCN(C)C)[C@H]2c2ccc(C(C)C)cc2)cc1OC. The van der Waals surface area contributed by atoms with Crippen LogP contribution in [0.1, 0.15) is 42.5 Å². The van der Waals surface area contributed by atoms with Crippen molar-refractivity contribution in [2.24, 2.45) is 0 Å². The van der Waals surface area contributed by atoms with Crippen LogP contribution in [0.3, 0.4) is 0 Å². The number of Topliss-reactive ketones (excluding diaryl/α,β-unsaturated/α-hetero) is 1. The number of methoxy groups -OCH3 is 2. The Morgan fingerprint density at radius 2 is 1.67 bits per heavy atom. The average molecular weight is 453 g/mol. The predicted octanol–water partition coefficient (Wildman–Crippen LogP) is 3.81. The molecular formula is C26H32N2O5. The minimum Gasteiger partial charge on any atom is -0.507 e. The van der Waals surface area contributed by atoms with Crippen molar-refractivity contribution >= 4 is 17.4 Å². The third kappa shape index (κ3) is 4.88. The van der Waals surface area contributed by atoms with Gasteiger partial charge in [0.05, 0.1) is 25.8 Å². The lowest BCUT2D eigenvalue weighted by molar-refractivity contribution is -0.140. The Hall–Kier alpha value is -3.32. The van der Waals surface area contributed by atoms with Gasteiger partial charge in [-0.3, -0.25) is 9.59 Å². The van der Waals surface area contributed by atoms with E-state index in [4.69, 9.17) is 9.47 Å². The Bertz CT molecular complexity index is 1060. The molecule has 7 heteroatoms. The fourth-order valence-electron chi connectivity index (χ4n) is 3.97. The molecule has 0 bridgehead atoms. The van der Waals surface area contributed by atoms with Crippen LogP contribution in [0.5, 0.6) is 11.5 Å². The highest BCUT2D eigenvalue weighted by atomic mass is 16.5. The van der Waals surface area contributed by atoms with Crippen LogP contribution in [0.25, 0.3) is 5.76 Å². The van der Waals surface area contributed by atoms with Crippen molar-refractivity contribution in [1.29, 1.82) is 0 Å². The highest BCUT2D eigenvalue weighted by molar-refractivity contribution is 6.46. The van der Waals surface area contributed by atoms with Crippen molar-refractivity contribution in [3.63, 3.8) is 0 Å². The van der Waals surface area contributed by atoms with E-state index >= 15 is 0 Å². The molecule has 1 heterocycles. The number of nitrogens with zero attached hydrogens (tertiary/aromatic N) is 2. The number of aliphatic hydroxyl groups excluding tert-OH is 1. The number of likely N-dealkylation sites (N-methyl/N-ethyl adjacent to an activating group) is 1. The molecule has 0 spiro atoms. The Balaban J connectivity index is 2.15. The summed E-state index contributed by atoms with van der Waals surface area (Å²) in [5.41, 5.74) is 2.38. The Morgan fingerprint density at radius 3 is 2.21 bits per heavy atom. The smallest absolute Gasteiger partial charge is 0.295 e. The summed E-state index contributed by atoms with van der Waals surface area (Å²) in [4.78, 5) is 29.6.